The van der Waals surface area contributed by atoms with E-state index in [0.29, 0.717) is 18.5 Å². The highest BCUT2D eigenvalue weighted by Crippen LogP contribution is 2.27. The summed E-state index contributed by atoms with van der Waals surface area (Å²) in [6, 6.07) is 0.0293. The van der Waals surface area contributed by atoms with Gasteiger partial charge in [0.2, 0.25) is 0 Å². The molecule has 5 heteroatoms. The van der Waals surface area contributed by atoms with Crippen molar-refractivity contribution in [2.45, 2.75) is 50.7 Å². The van der Waals surface area contributed by atoms with E-state index in [1.807, 2.05) is 0 Å². The number of nitrogens with one attached hydrogen (secondary N) is 1. The maximum atomic E-state index is 12.0. The first kappa shape index (κ1) is 13.5. The van der Waals surface area contributed by atoms with Crippen molar-refractivity contribution in [1.29, 1.82) is 0 Å². The topological polar surface area (TPSA) is 58.6 Å². The van der Waals surface area contributed by atoms with Crippen LogP contribution in [0.3, 0.4) is 0 Å². The first-order chi connectivity index (χ1) is 8.69. The molecule has 0 aromatic carbocycles. The zero-order chi connectivity index (χ0) is 13.1. The first-order valence-electron chi connectivity index (χ1n) is 6.78. The predicted molar refractivity (Wildman–Crippen MR) is 67.2 cm³/mol. The maximum absolute atomic E-state index is 12.0. The molecule has 2 aliphatic rings. The number of ether oxygens (including phenoxy) is 1. The molecule has 2 fully saturated rings. The Morgan fingerprint density at radius 3 is 2.89 bits per heavy atom. The zero-order valence-electron chi connectivity index (χ0n) is 11.1. The molecule has 18 heavy (non-hydrogen) atoms. The molecule has 0 aliphatic carbocycles. The Kier molecular flexibility index (Phi) is 4.35. The first-order valence-corrected chi connectivity index (χ1v) is 6.78. The summed E-state index contributed by atoms with van der Waals surface area (Å²) in [5.41, 5.74) is 0. The highest BCUT2D eigenvalue weighted by Gasteiger charge is 2.43. The van der Waals surface area contributed by atoms with Crippen LogP contribution in [0.2, 0.25) is 0 Å². The molecule has 0 saturated carbocycles. The van der Waals surface area contributed by atoms with Crippen molar-refractivity contribution in [3.63, 3.8) is 0 Å². The second kappa shape index (κ2) is 5.80. The smallest absolute Gasteiger partial charge is 0.330 e. The molecule has 2 aliphatic heterocycles. The molecule has 3 atom stereocenters. The Labute approximate surface area is 108 Å². The number of hydrogen-bond donors (Lipinski definition) is 1. The molecule has 1 N–H and O–H groups in total. The fourth-order valence-corrected chi connectivity index (χ4v) is 3.18. The number of methoxy groups -OCH3 is 1. The lowest BCUT2D eigenvalue weighted by Crippen LogP contribution is -2.57. The van der Waals surface area contributed by atoms with Crippen LogP contribution in [0.4, 0.5) is 0 Å². The lowest BCUT2D eigenvalue weighted by Gasteiger charge is -2.40. The normalized spacial score (nSPS) is 29.7. The van der Waals surface area contributed by atoms with Crippen LogP contribution < -0.4 is 5.32 Å². The molecular weight excluding hydrogens is 232 g/mol. The number of fused-ring (bicyclic) bond motifs is 1. The quantitative estimate of drug-likeness (QED) is 0.579. The van der Waals surface area contributed by atoms with Gasteiger partial charge in [0.1, 0.15) is 0 Å². The van der Waals surface area contributed by atoms with Gasteiger partial charge in [-0.25, -0.2) is 4.79 Å². The third-order valence-corrected chi connectivity index (χ3v) is 4.08. The number of carbonyl (C=O) groups is 2. The predicted octanol–water partition coefficient (Wildman–Crippen LogP) is 0.333. The summed E-state index contributed by atoms with van der Waals surface area (Å²) in [6.45, 7) is 3.58. The van der Waals surface area contributed by atoms with E-state index in [1.165, 1.54) is 7.11 Å². The van der Waals surface area contributed by atoms with Gasteiger partial charge in [0.25, 0.3) is 0 Å². The van der Waals surface area contributed by atoms with Gasteiger partial charge in [-0.05, 0) is 32.4 Å². The van der Waals surface area contributed by atoms with Crippen molar-refractivity contribution in [1.82, 2.24) is 10.2 Å². The molecule has 0 radical (unpaired) electrons. The van der Waals surface area contributed by atoms with Crippen LogP contribution in [0.15, 0.2) is 0 Å². The van der Waals surface area contributed by atoms with Gasteiger partial charge in [0.15, 0.2) is 11.8 Å². The Hall–Kier alpha value is -0.940. The lowest BCUT2D eigenvalue weighted by molar-refractivity contribution is -0.153. The number of likely N-dealkylation sites (tertiary alicyclic amines) is 1. The van der Waals surface area contributed by atoms with Crippen LogP contribution in [-0.4, -0.2) is 55.0 Å². The number of Topliss-reactive ketones (excluding diaryl/α,β-unsaturated/α-hetero) is 1. The van der Waals surface area contributed by atoms with Crippen LogP contribution in [0.25, 0.3) is 0 Å². The van der Waals surface area contributed by atoms with E-state index in [2.05, 4.69) is 10.2 Å². The number of rotatable bonds is 4. The van der Waals surface area contributed by atoms with Gasteiger partial charge in [-0.2, -0.15) is 0 Å². The Morgan fingerprint density at radius 1 is 1.44 bits per heavy atom. The van der Waals surface area contributed by atoms with E-state index < -0.39 is 12.0 Å². The number of carbonyl (C=O) groups excluding carboxylic acids is 2. The molecule has 0 aromatic rings. The van der Waals surface area contributed by atoms with Gasteiger partial charge in [-0.15, -0.1) is 0 Å². The van der Waals surface area contributed by atoms with Gasteiger partial charge in [-0.3, -0.25) is 9.69 Å². The minimum Gasteiger partial charge on any atom is -0.468 e. The lowest BCUT2D eigenvalue weighted by atomic mass is 9.94. The second-order valence-corrected chi connectivity index (χ2v) is 5.04. The fourth-order valence-electron chi connectivity index (χ4n) is 3.18. The van der Waals surface area contributed by atoms with E-state index in [0.717, 1.165) is 32.4 Å². The minimum atomic E-state index is -0.701. The van der Waals surface area contributed by atoms with Gasteiger partial charge >= 0.3 is 5.97 Å². The standard InChI is InChI=1S/C13H22N2O3/c1-3-11(16)12(13(17)18-2)15-8-4-5-9-10(15)6-7-14-9/h9-10,12,14H,3-8H2,1-2H3. The van der Waals surface area contributed by atoms with E-state index in [1.54, 1.807) is 6.92 Å². The minimum absolute atomic E-state index is 0.0330. The van der Waals surface area contributed by atoms with Gasteiger partial charge in [0.05, 0.1) is 7.11 Å². The fraction of sp³-hybridized carbons (Fsp3) is 0.846. The molecule has 102 valence electrons. The van der Waals surface area contributed by atoms with E-state index >= 15 is 0 Å². The van der Waals surface area contributed by atoms with Crippen LogP contribution in [0.5, 0.6) is 0 Å². The molecule has 0 aromatic heterocycles. The Morgan fingerprint density at radius 2 is 2.22 bits per heavy atom. The maximum Gasteiger partial charge on any atom is 0.330 e. The molecule has 3 unspecified atom stereocenters. The highest BCUT2D eigenvalue weighted by atomic mass is 16.5. The molecule has 2 heterocycles. The molecule has 5 nitrogen and oxygen atoms in total. The molecule has 0 spiro atoms. The van der Waals surface area contributed by atoms with E-state index in [4.69, 9.17) is 4.74 Å². The average Bonchev–Trinajstić information content (AvgIpc) is 2.87. The van der Waals surface area contributed by atoms with Gasteiger partial charge < -0.3 is 10.1 Å². The van der Waals surface area contributed by atoms with Crippen molar-refractivity contribution >= 4 is 11.8 Å². The molecular formula is C13H22N2O3. The molecule has 2 rings (SSSR count). The van der Waals surface area contributed by atoms with Gasteiger partial charge in [0, 0.05) is 18.5 Å². The van der Waals surface area contributed by atoms with Crippen molar-refractivity contribution in [3.05, 3.63) is 0 Å². The number of piperidine rings is 1. The van der Waals surface area contributed by atoms with Crippen LogP contribution in [0.1, 0.15) is 32.6 Å². The molecule has 0 bridgehead atoms. The summed E-state index contributed by atoms with van der Waals surface area (Å²) in [7, 11) is 1.35. The number of esters is 1. The van der Waals surface area contributed by atoms with Crippen LogP contribution >= 0.6 is 0 Å². The summed E-state index contributed by atoms with van der Waals surface area (Å²) in [5.74, 6) is -0.441. The SMILES string of the molecule is CCC(=O)C(C(=O)OC)N1CCCC2NCCC21. The Bertz CT molecular complexity index is 316. The van der Waals surface area contributed by atoms with Crippen molar-refractivity contribution < 1.29 is 14.3 Å². The largest absolute Gasteiger partial charge is 0.468 e. The van der Waals surface area contributed by atoms with Crippen LogP contribution in [0, 0.1) is 0 Å². The summed E-state index contributed by atoms with van der Waals surface area (Å²) >= 11 is 0. The summed E-state index contributed by atoms with van der Waals surface area (Å²) < 4.78 is 4.82. The molecule has 2 saturated heterocycles. The van der Waals surface area contributed by atoms with Gasteiger partial charge in [-0.1, -0.05) is 6.92 Å². The summed E-state index contributed by atoms with van der Waals surface area (Å²) in [4.78, 5) is 26.0. The van der Waals surface area contributed by atoms with E-state index in [-0.39, 0.29) is 5.78 Å². The van der Waals surface area contributed by atoms with Crippen molar-refractivity contribution in [2.24, 2.45) is 0 Å². The number of hydrogen-bond acceptors (Lipinski definition) is 5. The zero-order valence-corrected chi connectivity index (χ0v) is 11.1. The van der Waals surface area contributed by atoms with Crippen molar-refractivity contribution in [3.8, 4) is 0 Å². The summed E-state index contributed by atoms with van der Waals surface area (Å²) in [5, 5.41) is 3.45. The summed E-state index contributed by atoms with van der Waals surface area (Å²) in [6.07, 6.45) is 3.55. The Balaban J connectivity index is 2.18. The van der Waals surface area contributed by atoms with E-state index in [9.17, 15) is 9.59 Å². The molecule has 0 amide bonds. The number of ketones is 1. The average molecular weight is 254 g/mol. The number of nitrogens with zero attached hydrogens (tertiary/aromatic N) is 1. The monoisotopic (exact) mass is 254 g/mol. The third-order valence-electron chi connectivity index (χ3n) is 4.08. The highest BCUT2D eigenvalue weighted by molar-refractivity contribution is 6.03. The second-order valence-electron chi connectivity index (χ2n) is 5.04. The van der Waals surface area contributed by atoms with Crippen LogP contribution in [-0.2, 0) is 14.3 Å². The van der Waals surface area contributed by atoms with Crippen molar-refractivity contribution in [2.75, 3.05) is 20.2 Å². The third kappa shape index (κ3) is 2.42.